The summed E-state index contributed by atoms with van der Waals surface area (Å²) in [6.45, 7) is 6.27. The van der Waals surface area contributed by atoms with E-state index in [1.165, 1.54) is 6.07 Å². The van der Waals surface area contributed by atoms with Crippen LogP contribution >= 0.6 is 0 Å². The molecule has 1 aromatic heterocycles. The lowest BCUT2D eigenvalue weighted by Crippen LogP contribution is -2.52. The minimum Gasteiger partial charge on any atom is -0.399 e. The molecule has 6 nitrogen and oxygen atoms in total. The third-order valence-corrected chi connectivity index (χ3v) is 5.73. The molecule has 0 aliphatic carbocycles. The minimum absolute atomic E-state index is 0.251. The number of hydrogen-bond acceptors (Lipinski definition) is 5. The van der Waals surface area contributed by atoms with Crippen molar-refractivity contribution in [3.63, 3.8) is 0 Å². The maximum absolute atomic E-state index is 14.8. The third-order valence-electron chi connectivity index (χ3n) is 5.73. The van der Waals surface area contributed by atoms with Gasteiger partial charge in [0.15, 0.2) is 0 Å². The third kappa shape index (κ3) is 3.41. The summed E-state index contributed by atoms with van der Waals surface area (Å²) in [5, 5.41) is 6.81. The van der Waals surface area contributed by atoms with Crippen LogP contribution in [0, 0.1) is 5.82 Å². The fraction of sp³-hybridized carbons (Fsp3) is 0.526. The number of hydrogen-bond donors (Lipinski definition) is 2. The fourth-order valence-corrected chi connectivity index (χ4v) is 4.20. The Balaban J connectivity index is 1.51. The molecule has 1 aromatic carbocycles. The summed E-state index contributed by atoms with van der Waals surface area (Å²) >= 11 is 0. The molecule has 0 spiro atoms. The Labute approximate surface area is 153 Å². The number of nitrogen functional groups attached to an aromatic ring is 1. The minimum atomic E-state index is -0.251. The number of nitrogens with one attached hydrogen (secondary N) is 1. The molecule has 26 heavy (non-hydrogen) atoms. The van der Waals surface area contributed by atoms with E-state index in [2.05, 4.69) is 31.9 Å². The van der Waals surface area contributed by atoms with Crippen molar-refractivity contribution in [3.8, 4) is 11.1 Å². The first-order chi connectivity index (χ1) is 12.6. The SMILES string of the molecule is CN1CCN(C2CCN(c3c(F)cc(N)cc3-c3cn[nH]c3)CC2)CC1. The maximum Gasteiger partial charge on any atom is 0.149 e. The summed E-state index contributed by atoms with van der Waals surface area (Å²) in [6, 6.07) is 3.87. The van der Waals surface area contributed by atoms with Gasteiger partial charge in [0.05, 0.1) is 11.9 Å². The van der Waals surface area contributed by atoms with Gasteiger partial charge in [-0.25, -0.2) is 4.39 Å². The molecule has 2 saturated heterocycles. The van der Waals surface area contributed by atoms with Gasteiger partial charge in [0, 0.05) is 68.3 Å². The first-order valence-corrected chi connectivity index (χ1v) is 9.37. The van der Waals surface area contributed by atoms with Crippen LogP contribution in [0.15, 0.2) is 24.5 Å². The zero-order valence-electron chi connectivity index (χ0n) is 15.3. The molecule has 0 saturated carbocycles. The number of piperazine rings is 1. The monoisotopic (exact) mass is 358 g/mol. The van der Waals surface area contributed by atoms with Gasteiger partial charge in [0.2, 0.25) is 0 Å². The Bertz CT molecular complexity index is 731. The Morgan fingerprint density at radius 1 is 1.12 bits per heavy atom. The van der Waals surface area contributed by atoms with Crippen LogP contribution in [0.25, 0.3) is 11.1 Å². The fourth-order valence-electron chi connectivity index (χ4n) is 4.20. The molecule has 2 aromatic rings. The predicted molar refractivity (Wildman–Crippen MR) is 103 cm³/mol. The summed E-state index contributed by atoms with van der Waals surface area (Å²) in [7, 11) is 2.18. The summed E-state index contributed by atoms with van der Waals surface area (Å²) in [5.41, 5.74) is 8.67. The first kappa shape index (κ1) is 17.3. The molecule has 4 rings (SSSR count). The highest BCUT2D eigenvalue weighted by Crippen LogP contribution is 2.36. The van der Waals surface area contributed by atoms with Gasteiger partial charge in [0.25, 0.3) is 0 Å². The molecule has 3 N–H and O–H groups in total. The van der Waals surface area contributed by atoms with Crippen LogP contribution < -0.4 is 10.6 Å². The van der Waals surface area contributed by atoms with E-state index in [0.717, 1.165) is 63.2 Å². The van der Waals surface area contributed by atoms with E-state index in [1.54, 1.807) is 12.4 Å². The van der Waals surface area contributed by atoms with Crippen LogP contribution in [-0.2, 0) is 0 Å². The number of halogens is 1. The molecule has 3 heterocycles. The number of benzene rings is 1. The standard InChI is InChI=1S/C19H27FN6/c1-24-6-8-25(9-7-24)16-2-4-26(5-3-16)19-17(14-12-22-23-13-14)10-15(21)11-18(19)20/h10-13,16H,2-9,21H2,1H3,(H,22,23). The molecule has 2 aliphatic heterocycles. The summed E-state index contributed by atoms with van der Waals surface area (Å²) < 4.78 is 14.8. The second kappa shape index (κ2) is 7.25. The second-order valence-electron chi connectivity index (χ2n) is 7.44. The van der Waals surface area contributed by atoms with Crippen LogP contribution in [0.2, 0.25) is 0 Å². The Morgan fingerprint density at radius 2 is 1.85 bits per heavy atom. The van der Waals surface area contributed by atoms with Crippen molar-refractivity contribution < 1.29 is 4.39 Å². The maximum atomic E-state index is 14.8. The van der Waals surface area contributed by atoms with Crippen molar-refractivity contribution in [2.45, 2.75) is 18.9 Å². The van der Waals surface area contributed by atoms with Gasteiger partial charge in [-0.2, -0.15) is 5.10 Å². The number of nitrogens with zero attached hydrogens (tertiary/aromatic N) is 4. The van der Waals surface area contributed by atoms with Gasteiger partial charge in [-0.15, -0.1) is 0 Å². The van der Waals surface area contributed by atoms with Crippen LogP contribution in [0.1, 0.15) is 12.8 Å². The highest BCUT2D eigenvalue weighted by molar-refractivity contribution is 5.81. The number of nitrogens with two attached hydrogens (primary N) is 1. The molecule has 0 radical (unpaired) electrons. The van der Waals surface area contributed by atoms with Crippen LogP contribution in [0.4, 0.5) is 15.8 Å². The van der Waals surface area contributed by atoms with Crippen LogP contribution in [0.5, 0.6) is 0 Å². The number of rotatable bonds is 3. The molecule has 0 bridgehead atoms. The Kier molecular flexibility index (Phi) is 4.82. The van der Waals surface area contributed by atoms with Gasteiger partial charge in [-0.05, 0) is 32.0 Å². The van der Waals surface area contributed by atoms with Crippen molar-refractivity contribution in [2.75, 3.05) is 56.9 Å². The molecule has 0 atom stereocenters. The van der Waals surface area contributed by atoms with Crippen molar-refractivity contribution in [1.82, 2.24) is 20.0 Å². The lowest BCUT2D eigenvalue weighted by atomic mass is 9.98. The van der Waals surface area contributed by atoms with Crippen LogP contribution in [-0.4, -0.2) is 72.4 Å². The highest BCUT2D eigenvalue weighted by atomic mass is 19.1. The van der Waals surface area contributed by atoms with Gasteiger partial charge in [-0.3, -0.25) is 10.00 Å². The molecule has 0 amide bonds. The predicted octanol–water partition coefficient (Wildman–Crippen LogP) is 2.01. The quantitative estimate of drug-likeness (QED) is 0.822. The van der Waals surface area contributed by atoms with E-state index in [9.17, 15) is 4.39 Å². The average Bonchev–Trinajstić information content (AvgIpc) is 3.17. The molecule has 7 heteroatoms. The lowest BCUT2D eigenvalue weighted by Gasteiger charge is -2.43. The smallest absolute Gasteiger partial charge is 0.149 e. The summed E-state index contributed by atoms with van der Waals surface area (Å²) in [6.07, 6.45) is 5.64. The van der Waals surface area contributed by atoms with E-state index in [-0.39, 0.29) is 5.82 Å². The first-order valence-electron chi connectivity index (χ1n) is 9.37. The van der Waals surface area contributed by atoms with Crippen molar-refractivity contribution in [3.05, 3.63) is 30.3 Å². The normalized spacial score (nSPS) is 20.6. The zero-order chi connectivity index (χ0) is 18.1. The van der Waals surface area contributed by atoms with E-state index >= 15 is 0 Å². The van der Waals surface area contributed by atoms with Crippen molar-refractivity contribution in [2.24, 2.45) is 0 Å². The number of aromatic nitrogens is 2. The summed E-state index contributed by atoms with van der Waals surface area (Å²) in [4.78, 5) is 7.16. The number of H-pyrrole nitrogens is 1. The van der Waals surface area contributed by atoms with Gasteiger partial charge >= 0.3 is 0 Å². The van der Waals surface area contributed by atoms with Crippen LogP contribution in [0.3, 0.4) is 0 Å². The molecular weight excluding hydrogens is 331 g/mol. The van der Waals surface area contributed by atoms with Gasteiger partial charge in [-0.1, -0.05) is 0 Å². The molecule has 2 fully saturated rings. The number of piperidine rings is 1. The molecular formula is C19H27FN6. The van der Waals surface area contributed by atoms with Crippen molar-refractivity contribution in [1.29, 1.82) is 0 Å². The van der Waals surface area contributed by atoms with Crippen molar-refractivity contribution >= 4 is 11.4 Å². The van der Waals surface area contributed by atoms with Gasteiger partial charge in [0.1, 0.15) is 5.82 Å². The Hall–Kier alpha value is -2.12. The molecule has 0 unspecified atom stereocenters. The Morgan fingerprint density at radius 3 is 2.50 bits per heavy atom. The topological polar surface area (TPSA) is 64.4 Å². The summed E-state index contributed by atoms with van der Waals surface area (Å²) in [5.74, 6) is -0.251. The number of anilines is 2. The zero-order valence-corrected chi connectivity index (χ0v) is 15.3. The van der Waals surface area contributed by atoms with E-state index in [0.29, 0.717) is 17.4 Å². The van der Waals surface area contributed by atoms with E-state index in [4.69, 9.17) is 5.73 Å². The highest BCUT2D eigenvalue weighted by Gasteiger charge is 2.29. The molecule has 140 valence electrons. The second-order valence-corrected chi connectivity index (χ2v) is 7.44. The van der Waals surface area contributed by atoms with Gasteiger partial charge < -0.3 is 15.5 Å². The molecule has 2 aliphatic rings. The lowest BCUT2D eigenvalue weighted by molar-refractivity contribution is 0.0981. The van der Waals surface area contributed by atoms with E-state index in [1.807, 2.05) is 6.07 Å². The number of likely N-dealkylation sites (N-methyl/N-ethyl adjacent to an activating group) is 1. The van der Waals surface area contributed by atoms with E-state index < -0.39 is 0 Å². The number of aromatic amines is 1. The average molecular weight is 358 g/mol. The largest absolute Gasteiger partial charge is 0.399 e.